The molecule has 2 N–H and O–H groups in total. The fraction of sp³-hybridized carbons (Fsp3) is 0.588. The van der Waals surface area contributed by atoms with E-state index in [-0.39, 0.29) is 5.91 Å². The second-order valence-electron chi connectivity index (χ2n) is 6.58. The highest BCUT2D eigenvalue weighted by Gasteiger charge is 2.35. The highest BCUT2D eigenvalue weighted by Crippen LogP contribution is 2.29. The van der Waals surface area contributed by atoms with Crippen LogP contribution in [0.15, 0.2) is 18.2 Å². The van der Waals surface area contributed by atoms with E-state index in [2.05, 4.69) is 21.6 Å². The molecule has 1 amide bonds. The van der Waals surface area contributed by atoms with Gasteiger partial charge in [0.15, 0.2) is 0 Å². The molecule has 0 aromatic heterocycles. The Kier molecular flexibility index (Phi) is 3.34. The number of amides is 1. The van der Waals surface area contributed by atoms with Crippen molar-refractivity contribution in [1.82, 2.24) is 10.2 Å². The Hall–Kier alpha value is -1.55. The number of piperidine rings is 3. The van der Waals surface area contributed by atoms with Crippen molar-refractivity contribution >= 4 is 11.6 Å². The second-order valence-corrected chi connectivity index (χ2v) is 6.58. The van der Waals surface area contributed by atoms with Gasteiger partial charge < -0.3 is 15.5 Å². The topological polar surface area (TPSA) is 44.4 Å². The number of carbonyl (C=O) groups is 1. The van der Waals surface area contributed by atoms with Gasteiger partial charge in [-0.25, -0.2) is 0 Å². The normalized spacial score (nSPS) is 30.4. The lowest BCUT2D eigenvalue weighted by Crippen LogP contribution is -2.57. The SMILES string of the molecule is O=C(NC1CN2CCC1CC2)c1cccc2c1CCCN2. The first-order chi connectivity index (χ1) is 10.3. The molecule has 4 aliphatic heterocycles. The number of hydrogen-bond acceptors (Lipinski definition) is 3. The Labute approximate surface area is 125 Å². The number of nitrogens with one attached hydrogen (secondary N) is 2. The van der Waals surface area contributed by atoms with Crippen molar-refractivity contribution in [1.29, 1.82) is 0 Å². The van der Waals surface area contributed by atoms with E-state index in [4.69, 9.17) is 0 Å². The van der Waals surface area contributed by atoms with Crippen molar-refractivity contribution in [2.75, 3.05) is 31.5 Å². The number of carbonyl (C=O) groups excluding carboxylic acids is 1. The molecule has 1 aromatic carbocycles. The summed E-state index contributed by atoms with van der Waals surface area (Å²) >= 11 is 0. The molecule has 4 aliphatic rings. The maximum Gasteiger partial charge on any atom is 0.251 e. The third kappa shape index (κ3) is 2.42. The lowest BCUT2D eigenvalue weighted by atomic mass is 9.84. The predicted octanol–water partition coefficient (Wildman–Crippen LogP) is 1.87. The van der Waals surface area contributed by atoms with Crippen LogP contribution in [-0.4, -0.2) is 43.0 Å². The Balaban J connectivity index is 1.53. The first kappa shape index (κ1) is 13.1. The maximum absolute atomic E-state index is 12.7. The number of benzene rings is 1. The molecule has 3 fully saturated rings. The molecule has 0 saturated carbocycles. The minimum absolute atomic E-state index is 0.120. The molecule has 1 aromatic rings. The number of fused-ring (bicyclic) bond motifs is 4. The molecule has 0 radical (unpaired) electrons. The number of anilines is 1. The number of rotatable bonds is 2. The van der Waals surface area contributed by atoms with E-state index in [1.807, 2.05) is 12.1 Å². The smallest absolute Gasteiger partial charge is 0.251 e. The van der Waals surface area contributed by atoms with Gasteiger partial charge in [0.25, 0.3) is 5.91 Å². The third-order valence-electron chi connectivity index (χ3n) is 5.31. The van der Waals surface area contributed by atoms with Crippen LogP contribution < -0.4 is 10.6 Å². The number of nitrogens with zero attached hydrogens (tertiary/aromatic N) is 1. The summed E-state index contributed by atoms with van der Waals surface area (Å²) in [5.74, 6) is 0.797. The Morgan fingerprint density at radius 1 is 1.29 bits per heavy atom. The molecule has 5 rings (SSSR count). The quantitative estimate of drug-likeness (QED) is 0.872. The Morgan fingerprint density at radius 3 is 2.90 bits per heavy atom. The molecular weight excluding hydrogens is 262 g/mol. The molecule has 4 heterocycles. The zero-order chi connectivity index (χ0) is 14.2. The van der Waals surface area contributed by atoms with E-state index in [9.17, 15) is 4.79 Å². The van der Waals surface area contributed by atoms with Gasteiger partial charge in [-0.05, 0) is 62.4 Å². The lowest BCUT2D eigenvalue weighted by molar-refractivity contribution is 0.0620. The minimum atomic E-state index is 0.120. The van der Waals surface area contributed by atoms with E-state index >= 15 is 0 Å². The predicted molar refractivity (Wildman–Crippen MR) is 83.7 cm³/mol. The van der Waals surface area contributed by atoms with Crippen LogP contribution in [0.1, 0.15) is 35.2 Å². The summed E-state index contributed by atoms with van der Waals surface area (Å²) in [6.45, 7) is 4.46. The average Bonchev–Trinajstić information content (AvgIpc) is 2.55. The highest BCUT2D eigenvalue weighted by molar-refractivity contribution is 5.97. The zero-order valence-electron chi connectivity index (χ0n) is 12.4. The van der Waals surface area contributed by atoms with Crippen molar-refractivity contribution in [2.45, 2.75) is 31.7 Å². The van der Waals surface area contributed by atoms with Crippen LogP contribution >= 0.6 is 0 Å². The van der Waals surface area contributed by atoms with Gasteiger partial charge in [-0.15, -0.1) is 0 Å². The fourth-order valence-electron chi connectivity index (χ4n) is 4.10. The fourth-order valence-corrected chi connectivity index (χ4v) is 4.10. The molecule has 4 heteroatoms. The molecule has 2 bridgehead atoms. The molecule has 112 valence electrons. The van der Waals surface area contributed by atoms with Gasteiger partial charge in [0.1, 0.15) is 0 Å². The summed E-state index contributed by atoms with van der Waals surface area (Å²) in [7, 11) is 0. The average molecular weight is 285 g/mol. The summed E-state index contributed by atoms with van der Waals surface area (Å²) < 4.78 is 0. The molecule has 1 unspecified atom stereocenters. The van der Waals surface area contributed by atoms with Crippen LogP contribution in [-0.2, 0) is 6.42 Å². The van der Waals surface area contributed by atoms with Crippen molar-refractivity contribution in [3.63, 3.8) is 0 Å². The van der Waals surface area contributed by atoms with Crippen molar-refractivity contribution in [2.24, 2.45) is 5.92 Å². The van der Waals surface area contributed by atoms with Crippen LogP contribution in [0.25, 0.3) is 0 Å². The molecule has 0 aliphatic carbocycles. The van der Waals surface area contributed by atoms with Crippen molar-refractivity contribution in [3.05, 3.63) is 29.3 Å². The Morgan fingerprint density at radius 2 is 2.14 bits per heavy atom. The zero-order valence-corrected chi connectivity index (χ0v) is 12.4. The molecule has 3 saturated heterocycles. The largest absolute Gasteiger partial charge is 0.385 e. The summed E-state index contributed by atoms with van der Waals surface area (Å²) in [5.41, 5.74) is 3.21. The summed E-state index contributed by atoms with van der Waals surface area (Å²) in [4.78, 5) is 15.2. The first-order valence-electron chi connectivity index (χ1n) is 8.20. The van der Waals surface area contributed by atoms with Crippen LogP contribution in [0.5, 0.6) is 0 Å². The van der Waals surface area contributed by atoms with E-state index < -0.39 is 0 Å². The van der Waals surface area contributed by atoms with E-state index in [0.717, 1.165) is 37.2 Å². The maximum atomic E-state index is 12.7. The summed E-state index contributed by atoms with van der Waals surface area (Å²) in [6, 6.07) is 6.39. The molecule has 4 nitrogen and oxygen atoms in total. The number of hydrogen-bond donors (Lipinski definition) is 2. The molecule has 21 heavy (non-hydrogen) atoms. The van der Waals surface area contributed by atoms with Gasteiger partial charge in [-0.2, -0.15) is 0 Å². The van der Waals surface area contributed by atoms with Gasteiger partial charge in [0.2, 0.25) is 0 Å². The van der Waals surface area contributed by atoms with Crippen molar-refractivity contribution < 1.29 is 4.79 Å². The standard InChI is InChI=1S/C17H23N3O/c21-17(19-16-11-20-9-6-12(16)7-10-20)14-3-1-5-15-13(14)4-2-8-18-15/h1,3,5,12,16,18H,2,4,6-11H2,(H,19,21). The van der Waals surface area contributed by atoms with Crippen LogP contribution in [0.3, 0.4) is 0 Å². The van der Waals surface area contributed by atoms with Crippen molar-refractivity contribution in [3.8, 4) is 0 Å². The van der Waals surface area contributed by atoms with Crippen LogP contribution in [0.2, 0.25) is 0 Å². The Bertz CT molecular complexity index is 549. The van der Waals surface area contributed by atoms with E-state index in [0.29, 0.717) is 12.0 Å². The minimum Gasteiger partial charge on any atom is -0.385 e. The van der Waals surface area contributed by atoms with E-state index in [1.165, 1.54) is 31.5 Å². The van der Waals surface area contributed by atoms with Gasteiger partial charge in [-0.1, -0.05) is 6.07 Å². The summed E-state index contributed by atoms with van der Waals surface area (Å²) in [6.07, 6.45) is 4.59. The van der Waals surface area contributed by atoms with Gasteiger partial charge in [0.05, 0.1) is 0 Å². The molecular formula is C17H23N3O. The first-order valence-corrected chi connectivity index (χ1v) is 8.20. The van der Waals surface area contributed by atoms with Crippen LogP contribution in [0.4, 0.5) is 5.69 Å². The van der Waals surface area contributed by atoms with Gasteiger partial charge in [0, 0.05) is 30.4 Å². The van der Waals surface area contributed by atoms with Crippen LogP contribution in [0, 0.1) is 5.92 Å². The lowest BCUT2D eigenvalue weighted by Gasteiger charge is -2.45. The molecule has 1 atom stereocenters. The van der Waals surface area contributed by atoms with Gasteiger partial charge >= 0.3 is 0 Å². The van der Waals surface area contributed by atoms with Gasteiger partial charge in [-0.3, -0.25) is 4.79 Å². The second kappa shape index (κ2) is 5.34. The third-order valence-corrected chi connectivity index (χ3v) is 5.31. The molecule has 0 spiro atoms. The summed E-state index contributed by atoms with van der Waals surface area (Å²) in [5, 5.41) is 6.71. The monoisotopic (exact) mass is 285 g/mol. The highest BCUT2D eigenvalue weighted by atomic mass is 16.1. The van der Waals surface area contributed by atoms with E-state index in [1.54, 1.807) is 0 Å².